The molecule has 0 bridgehead atoms. The largest absolute Gasteiger partial charge is 0.507 e. The summed E-state index contributed by atoms with van der Waals surface area (Å²) in [7, 11) is 0. The van der Waals surface area contributed by atoms with Gasteiger partial charge in [0.1, 0.15) is 11.5 Å². The zero-order valence-corrected chi connectivity index (χ0v) is 23.2. The van der Waals surface area contributed by atoms with Crippen LogP contribution >= 0.6 is 11.6 Å². The molecule has 1 fully saturated rings. The van der Waals surface area contributed by atoms with Crippen molar-refractivity contribution in [3.05, 3.63) is 93.5 Å². The highest BCUT2D eigenvalue weighted by Crippen LogP contribution is 2.44. The molecular weight excluding hydrogens is 500 g/mol. The Morgan fingerprint density at radius 3 is 2.26 bits per heavy atom. The number of benzene rings is 3. The smallest absolute Gasteiger partial charge is 0.300 e. The summed E-state index contributed by atoms with van der Waals surface area (Å²) in [5.41, 5.74) is 4.67. The lowest BCUT2D eigenvalue weighted by molar-refractivity contribution is -0.132. The van der Waals surface area contributed by atoms with Crippen LogP contribution in [0.1, 0.15) is 49.1 Å². The number of ether oxygens (including phenoxy) is 1. The number of carbonyl (C=O) groups excluding carboxylic acids is 2. The molecule has 0 spiro atoms. The number of nitrogens with zero attached hydrogens (tertiary/aromatic N) is 2. The number of anilines is 2. The van der Waals surface area contributed by atoms with Crippen molar-refractivity contribution in [3.63, 3.8) is 0 Å². The molecule has 38 heavy (non-hydrogen) atoms. The number of aliphatic hydroxyl groups excluding tert-OH is 1. The van der Waals surface area contributed by atoms with E-state index in [-0.39, 0.29) is 11.3 Å². The van der Waals surface area contributed by atoms with Gasteiger partial charge in [-0.3, -0.25) is 14.5 Å². The van der Waals surface area contributed by atoms with Crippen molar-refractivity contribution in [2.75, 3.05) is 29.5 Å². The summed E-state index contributed by atoms with van der Waals surface area (Å²) in [6.07, 6.45) is 0. The molecule has 1 N–H and O–H groups in total. The van der Waals surface area contributed by atoms with Crippen LogP contribution in [0, 0.1) is 13.8 Å². The minimum absolute atomic E-state index is 0.0235. The van der Waals surface area contributed by atoms with Gasteiger partial charge in [-0.15, -0.1) is 0 Å². The molecule has 1 unspecified atom stereocenters. The SMILES string of the molecule is CCOc1cc(/C(O)=C2\C(=O)C(=O)N(c3ccc(C)cc3C)C2c2ccc(N(CC)CC)cc2)ccc1Cl. The maximum Gasteiger partial charge on any atom is 0.300 e. The van der Waals surface area contributed by atoms with Crippen molar-refractivity contribution in [2.24, 2.45) is 0 Å². The lowest BCUT2D eigenvalue weighted by Crippen LogP contribution is -2.30. The summed E-state index contributed by atoms with van der Waals surface area (Å²) in [5.74, 6) is -1.31. The van der Waals surface area contributed by atoms with Gasteiger partial charge in [-0.1, -0.05) is 41.4 Å². The molecule has 4 rings (SSSR count). The van der Waals surface area contributed by atoms with Gasteiger partial charge < -0.3 is 14.7 Å². The third-order valence-corrected chi connectivity index (χ3v) is 7.21. The van der Waals surface area contributed by atoms with Gasteiger partial charge in [0.2, 0.25) is 0 Å². The Morgan fingerprint density at radius 1 is 0.974 bits per heavy atom. The third-order valence-electron chi connectivity index (χ3n) is 6.90. The highest BCUT2D eigenvalue weighted by atomic mass is 35.5. The molecule has 0 aliphatic carbocycles. The molecular formula is C31H33ClN2O4. The van der Waals surface area contributed by atoms with E-state index in [9.17, 15) is 14.7 Å². The standard InChI is InChI=1S/C31H33ClN2O4/c1-6-33(7-2)23-13-10-21(11-14-23)28-27(29(35)22-12-15-24(32)26(18-22)38-8-3)30(36)31(37)34(28)25-16-9-19(4)17-20(25)5/h9-18,28,35H,6-8H2,1-5H3/b29-27+. The summed E-state index contributed by atoms with van der Waals surface area (Å²) in [5, 5.41) is 11.9. The Kier molecular flexibility index (Phi) is 8.12. The van der Waals surface area contributed by atoms with Crippen LogP contribution in [-0.2, 0) is 9.59 Å². The monoisotopic (exact) mass is 532 g/mol. The molecule has 1 saturated heterocycles. The minimum Gasteiger partial charge on any atom is -0.507 e. The lowest BCUT2D eigenvalue weighted by atomic mass is 9.94. The molecule has 0 radical (unpaired) electrons. The molecule has 7 heteroatoms. The minimum atomic E-state index is -0.812. The van der Waals surface area contributed by atoms with E-state index in [4.69, 9.17) is 16.3 Å². The second-order valence-corrected chi connectivity index (χ2v) is 9.71. The van der Waals surface area contributed by atoms with Crippen LogP contribution in [0.3, 0.4) is 0 Å². The van der Waals surface area contributed by atoms with E-state index >= 15 is 0 Å². The van der Waals surface area contributed by atoms with Crippen LogP contribution in [0.25, 0.3) is 5.76 Å². The van der Waals surface area contributed by atoms with Gasteiger partial charge in [0, 0.05) is 30.0 Å². The zero-order chi connectivity index (χ0) is 27.6. The number of Topliss-reactive ketones (excluding diaryl/α,β-unsaturated/α-hetero) is 1. The Morgan fingerprint density at radius 2 is 1.66 bits per heavy atom. The fourth-order valence-electron chi connectivity index (χ4n) is 5.00. The summed E-state index contributed by atoms with van der Waals surface area (Å²) in [4.78, 5) is 30.8. The summed E-state index contributed by atoms with van der Waals surface area (Å²) >= 11 is 6.26. The number of aliphatic hydroxyl groups is 1. The highest BCUT2D eigenvalue weighted by Gasteiger charge is 2.47. The van der Waals surface area contributed by atoms with Crippen molar-refractivity contribution >= 4 is 40.4 Å². The number of hydrogen-bond acceptors (Lipinski definition) is 5. The van der Waals surface area contributed by atoms with Gasteiger partial charge in [0.05, 0.1) is 23.2 Å². The molecule has 3 aromatic rings. The van der Waals surface area contributed by atoms with Gasteiger partial charge in [-0.05, 0) is 82.1 Å². The van der Waals surface area contributed by atoms with E-state index < -0.39 is 17.7 Å². The predicted octanol–water partition coefficient (Wildman–Crippen LogP) is 6.83. The van der Waals surface area contributed by atoms with Crippen molar-refractivity contribution in [1.29, 1.82) is 0 Å². The first-order chi connectivity index (χ1) is 18.2. The number of halogens is 1. The molecule has 1 heterocycles. The van der Waals surface area contributed by atoms with E-state index in [1.165, 1.54) is 4.90 Å². The quantitative estimate of drug-likeness (QED) is 0.196. The maximum absolute atomic E-state index is 13.5. The molecule has 1 aliphatic heterocycles. The Hall–Kier alpha value is -3.77. The first-order valence-corrected chi connectivity index (χ1v) is 13.2. The molecule has 0 saturated carbocycles. The van der Waals surface area contributed by atoms with Gasteiger partial charge >= 0.3 is 0 Å². The second kappa shape index (κ2) is 11.3. The van der Waals surface area contributed by atoms with Crippen LogP contribution in [0.15, 0.2) is 66.2 Å². The zero-order valence-electron chi connectivity index (χ0n) is 22.4. The topological polar surface area (TPSA) is 70.1 Å². The molecule has 1 aliphatic rings. The van der Waals surface area contributed by atoms with Crippen molar-refractivity contribution in [3.8, 4) is 5.75 Å². The van der Waals surface area contributed by atoms with Crippen molar-refractivity contribution < 1.29 is 19.4 Å². The second-order valence-electron chi connectivity index (χ2n) is 9.30. The molecule has 0 aromatic heterocycles. The van der Waals surface area contributed by atoms with Crippen LogP contribution in [0.4, 0.5) is 11.4 Å². The number of carbonyl (C=O) groups is 2. The summed E-state index contributed by atoms with van der Waals surface area (Å²) < 4.78 is 5.59. The summed E-state index contributed by atoms with van der Waals surface area (Å²) in [6.45, 7) is 12.0. The average Bonchev–Trinajstić information content (AvgIpc) is 3.16. The summed E-state index contributed by atoms with van der Waals surface area (Å²) in [6, 6.07) is 17.5. The third kappa shape index (κ3) is 5.01. The maximum atomic E-state index is 13.5. The first kappa shape index (κ1) is 27.3. The van der Waals surface area contributed by atoms with Crippen LogP contribution < -0.4 is 14.5 Å². The van der Waals surface area contributed by atoms with E-state index in [1.54, 1.807) is 18.2 Å². The van der Waals surface area contributed by atoms with Crippen molar-refractivity contribution in [2.45, 2.75) is 40.7 Å². The van der Waals surface area contributed by atoms with E-state index in [1.807, 2.05) is 63.2 Å². The molecule has 6 nitrogen and oxygen atoms in total. The fraction of sp³-hybridized carbons (Fsp3) is 0.290. The van der Waals surface area contributed by atoms with Gasteiger partial charge in [0.25, 0.3) is 11.7 Å². The molecule has 198 valence electrons. The van der Waals surface area contributed by atoms with Gasteiger partial charge in [0.15, 0.2) is 0 Å². The average molecular weight is 533 g/mol. The Bertz CT molecular complexity index is 1390. The molecule has 1 atom stereocenters. The lowest BCUT2D eigenvalue weighted by Gasteiger charge is -2.28. The number of hydrogen-bond donors (Lipinski definition) is 1. The van der Waals surface area contributed by atoms with Crippen LogP contribution in [-0.4, -0.2) is 36.5 Å². The first-order valence-electron chi connectivity index (χ1n) is 12.9. The van der Waals surface area contributed by atoms with Crippen LogP contribution in [0.5, 0.6) is 5.75 Å². The van der Waals surface area contributed by atoms with Crippen LogP contribution in [0.2, 0.25) is 5.02 Å². The number of ketones is 1. The van der Waals surface area contributed by atoms with Gasteiger partial charge in [-0.25, -0.2) is 0 Å². The molecule has 1 amide bonds. The number of aryl methyl sites for hydroxylation is 2. The number of amides is 1. The van der Waals surface area contributed by atoms with Crippen molar-refractivity contribution in [1.82, 2.24) is 0 Å². The Labute approximate surface area is 229 Å². The van der Waals surface area contributed by atoms with E-state index in [0.29, 0.717) is 28.6 Å². The van der Waals surface area contributed by atoms with E-state index in [2.05, 4.69) is 18.7 Å². The predicted molar refractivity (Wildman–Crippen MR) is 153 cm³/mol. The van der Waals surface area contributed by atoms with Gasteiger partial charge in [-0.2, -0.15) is 0 Å². The highest BCUT2D eigenvalue weighted by molar-refractivity contribution is 6.51. The fourth-order valence-corrected chi connectivity index (χ4v) is 5.17. The van der Waals surface area contributed by atoms with E-state index in [0.717, 1.165) is 35.5 Å². The molecule has 3 aromatic carbocycles. The normalized spacial score (nSPS) is 16.7. The Balaban J connectivity index is 1.93. The number of rotatable bonds is 8.